The highest BCUT2D eigenvalue weighted by Gasteiger charge is 2.50. The summed E-state index contributed by atoms with van der Waals surface area (Å²) in [5, 5.41) is 23.0. The Labute approximate surface area is 328 Å². The molecule has 0 bridgehead atoms. The summed E-state index contributed by atoms with van der Waals surface area (Å²) in [5.74, 6) is -3.85. The van der Waals surface area contributed by atoms with Crippen LogP contribution in [0.1, 0.15) is 113 Å². The van der Waals surface area contributed by atoms with E-state index in [4.69, 9.17) is 0 Å². The van der Waals surface area contributed by atoms with Crippen LogP contribution in [0.25, 0.3) is 0 Å². The van der Waals surface area contributed by atoms with Gasteiger partial charge in [0.15, 0.2) is 19.7 Å². The van der Waals surface area contributed by atoms with Crippen molar-refractivity contribution in [3.05, 3.63) is 130 Å². The van der Waals surface area contributed by atoms with Crippen molar-refractivity contribution in [2.45, 2.75) is 113 Å². The number of halogens is 4. The fourth-order valence-electron chi connectivity index (χ4n) is 8.76. The minimum absolute atomic E-state index is 0.0501. The maximum atomic E-state index is 14.1. The Bertz CT molecular complexity index is 2040. The zero-order valence-corrected chi connectivity index (χ0v) is 34.0. The lowest BCUT2D eigenvalue weighted by atomic mass is 9.69. The maximum absolute atomic E-state index is 14.1. The SMILES string of the molecule is CCCC[C@]1(CC)CS(=O)(=O)c2ccc(F)cc2[C@@H](c2ccc(F)cc2)C1O.CCCC[C@]1(CC)CS(=O)(=O)c2ccc(F)cc2[C@H](c2ccc(F)cc2)C1O. The molecule has 0 amide bonds. The molecule has 0 saturated heterocycles. The summed E-state index contributed by atoms with van der Waals surface area (Å²) in [5.41, 5.74) is -0.0801. The summed E-state index contributed by atoms with van der Waals surface area (Å²) in [7, 11) is -7.46. The van der Waals surface area contributed by atoms with E-state index in [9.17, 15) is 44.6 Å². The van der Waals surface area contributed by atoms with Crippen LogP contribution in [0.4, 0.5) is 17.6 Å². The van der Waals surface area contributed by atoms with Crippen LogP contribution in [-0.2, 0) is 19.7 Å². The first-order chi connectivity index (χ1) is 26.5. The van der Waals surface area contributed by atoms with Crippen LogP contribution in [0.5, 0.6) is 0 Å². The topological polar surface area (TPSA) is 109 Å². The summed E-state index contributed by atoms with van der Waals surface area (Å²) >= 11 is 0. The van der Waals surface area contributed by atoms with E-state index in [0.717, 1.165) is 37.8 Å². The molecule has 2 aliphatic heterocycles. The van der Waals surface area contributed by atoms with E-state index in [1.165, 1.54) is 72.8 Å². The molecule has 0 aromatic heterocycles. The van der Waals surface area contributed by atoms with Crippen LogP contribution in [-0.4, -0.2) is 50.8 Å². The van der Waals surface area contributed by atoms with Gasteiger partial charge in [0.25, 0.3) is 0 Å². The highest BCUT2D eigenvalue weighted by atomic mass is 32.2. The molecule has 12 heteroatoms. The predicted molar refractivity (Wildman–Crippen MR) is 210 cm³/mol. The van der Waals surface area contributed by atoms with Crippen LogP contribution >= 0.6 is 0 Å². The molecule has 4 aromatic rings. The van der Waals surface area contributed by atoms with Crippen molar-refractivity contribution in [3.8, 4) is 0 Å². The van der Waals surface area contributed by atoms with Gasteiger partial charge in [-0.2, -0.15) is 0 Å². The van der Waals surface area contributed by atoms with Crippen molar-refractivity contribution in [2.24, 2.45) is 10.8 Å². The average Bonchev–Trinajstić information content (AvgIpc) is 3.28. The third kappa shape index (κ3) is 8.78. The molecule has 0 radical (unpaired) electrons. The fourth-order valence-corrected chi connectivity index (χ4v) is 13.3. The smallest absolute Gasteiger partial charge is 0.179 e. The largest absolute Gasteiger partial charge is 0.392 e. The summed E-state index contributed by atoms with van der Waals surface area (Å²) < 4.78 is 108. The van der Waals surface area contributed by atoms with Gasteiger partial charge in [-0.25, -0.2) is 34.4 Å². The Morgan fingerprint density at radius 1 is 0.536 bits per heavy atom. The van der Waals surface area contributed by atoms with Gasteiger partial charge in [0.1, 0.15) is 23.3 Å². The number of benzene rings is 4. The van der Waals surface area contributed by atoms with Crippen molar-refractivity contribution in [2.75, 3.05) is 11.5 Å². The lowest BCUT2D eigenvalue weighted by Crippen LogP contribution is -2.42. The molecule has 304 valence electrons. The minimum atomic E-state index is -3.73. The molecular formula is C44H52F4O6S2. The molecule has 0 saturated carbocycles. The number of aliphatic hydroxyl groups excluding tert-OH is 2. The van der Waals surface area contributed by atoms with Crippen LogP contribution in [0, 0.1) is 34.1 Å². The number of hydrogen-bond acceptors (Lipinski definition) is 6. The van der Waals surface area contributed by atoms with E-state index in [-0.39, 0.29) is 32.4 Å². The first-order valence-electron chi connectivity index (χ1n) is 19.4. The summed E-state index contributed by atoms with van der Waals surface area (Å²) in [6.45, 7) is 7.80. The Hall–Kier alpha value is -3.58. The summed E-state index contributed by atoms with van der Waals surface area (Å²) in [6, 6.07) is 18.5. The van der Waals surface area contributed by atoms with Crippen LogP contribution in [0.15, 0.2) is 94.7 Å². The normalized spacial score (nSPS) is 26.5. The molecule has 56 heavy (non-hydrogen) atoms. The van der Waals surface area contributed by atoms with Gasteiger partial charge in [-0.3, -0.25) is 0 Å². The Morgan fingerprint density at radius 2 is 0.857 bits per heavy atom. The van der Waals surface area contributed by atoms with E-state index in [1.807, 2.05) is 27.7 Å². The molecule has 0 spiro atoms. The van der Waals surface area contributed by atoms with Crippen molar-refractivity contribution in [1.29, 1.82) is 0 Å². The Balaban J connectivity index is 0.000000214. The van der Waals surface area contributed by atoms with E-state index in [0.29, 0.717) is 36.8 Å². The Kier molecular flexibility index (Phi) is 13.6. The first kappa shape index (κ1) is 43.5. The number of aliphatic hydroxyl groups is 2. The second-order valence-electron chi connectivity index (χ2n) is 15.5. The quantitative estimate of drug-likeness (QED) is 0.122. The lowest BCUT2D eigenvalue weighted by molar-refractivity contribution is 0.0173. The molecule has 2 heterocycles. The third-order valence-electron chi connectivity index (χ3n) is 12.0. The highest BCUT2D eigenvalue weighted by Crippen LogP contribution is 2.50. The molecule has 0 fully saturated rings. The van der Waals surface area contributed by atoms with Crippen molar-refractivity contribution in [1.82, 2.24) is 0 Å². The second kappa shape index (κ2) is 17.5. The predicted octanol–water partition coefficient (Wildman–Crippen LogP) is 9.66. The standard InChI is InChI=1S/2C22H26F2O3S/c2*1-3-5-12-22(4-2)14-28(26,27)19-11-10-17(24)13-18(19)20(21(22)25)15-6-8-16(23)9-7-15/h2*6-11,13,20-21,25H,3-5,12,14H2,1-2H3/t20-,21?,22+;20-,21?,22-/m01/s1. The van der Waals surface area contributed by atoms with Gasteiger partial charge in [0.2, 0.25) is 0 Å². The van der Waals surface area contributed by atoms with Gasteiger partial charge in [-0.05, 0) is 109 Å². The van der Waals surface area contributed by atoms with Gasteiger partial charge in [0, 0.05) is 22.7 Å². The average molecular weight is 817 g/mol. The molecule has 2 N–H and O–H groups in total. The monoisotopic (exact) mass is 816 g/mol. The minimum Gasteiger partial charge on any atom is -0.392 e. The van der Waals surface area contributed by atoms with Crippen molar-refractivity contribution in [3.63, 3.8) is 0 Å². The zero-order valence-electron chi connectivity index (χ0n) is 32.3. The molecule has 6 nitrogen and oxygen atoms in total. The molecule has 4 aromatic carbocycles. The lowest BCUT2D eigenvalue weighted by Gasteiger charge is -2.39. The number of rotatable bonds is 10. The van der Waals surface area contributed by atoms with Gasteiger partial charge in [-0.1, -0.05) is 77.6 Å². The number of fused-ring (bicyclic) bond motifs is 2. The summed E-state index contributed by atoms with van der Waals surface area (Å²) in [4.78, 5) is 0.100. The molecule has 6 rings (SSSR count). The number of hydrogen-bond donors (Lipinski definition) is 2. The third-order valence-corrected chi connectivity index (χ3v) is 16.0. The van der Waals surface area contributed by atoms with E-state index >= 15 is 0 Å². The zero-order chi connectivity index (χ0) is 41.1. The van der Waals surface area contributed by atoms with E-state index < -0.39 is 77.8 Å². The Morgan fingerprint density at radius 3 is 1.16 bits per heavy atom. The van der Waals surface area contributed by atoms with E-state index in [2.05, 4.69) is 0 Å². The van der Waals surface area contributed by atoms with Crippen LogP contribution in [0.2, 0.25) is 0 Å². The number of sulfone groups is 2. The number of unbranched alkanes of at least 4 members (excludes halogenated alkanes) is 2. The van der Waals surface area contributed by atoms with Crippen molar-refractivity contribution >= 4 is 19.7 Å². The summed E-state index contributed by atoms with van der Waals surface area (Å²) in [6.07, 6.45) is 3.28. The van der Waals surface area contributed by atoms with Gasteiger partial charge < -0.3 is 10.2 Å². The van der Waals surface area contributed by atoms with Gasteiger partial charge in [0.05, 0.1) is 33.5 Å². The van der Waals surface area contributed by atoms with Crippen LogP contribution < -0.4 is 0 Å². The van der Waals surface area contributed by atoms with Gasteiger partial charge in [-0.15, -0.1) is 0 Å². The maximum Gasteiger partial charge on any atom is 0.179 e. The second-order valence-corrected chi connectivity index (χ2v) is 19.4. The van der Waals surface area contributed by atoms with Crippen molar-refractivity contribution < 1.29 is 44.6 Å². The molecule has 6 atom stereocenters. The molecule has 2 aliphatic rings. The van der Waals surface area contributed by atoms with Crippen LogP contribution in [0.3, 0.4) is 0 Å². The van der Waals surface area contributed by atoms with Gasteiger partial charge >= 0.3 is 0 Å². The first-order valence-corrected chi connectivity index (χ1v) is 22.7. The van der Waals surface area contributed by atoms with E-state index in [1.54, 1.807) is 0 Å². The highest BCUT2D eigenvalue weighted by molar-refractivity contribution is 7.91. The molecule has 2 unspecified atom stereocenters. The fraction of sp³-hybridized carbons (Fsp3) is 0.455. The molecule has 0 aliphatic carbocycles. The molecular weight excluding hydrogens is 765 g/mol.